The van der Waals surface area contributed by atoms with Crippen LogP contribution in [0.2, 0.25) is 0 Å². The summed E-state index contributed by atoms with van der Waals surface area (Å²) < 4.78 is 4.90. The van der Waals surface area contributed by atoms with Crippen molar-refractivity contribution < 1.29 is 19.4 Å². The molecule has 0 fully saturated rings. The van der Waals surface area contributed by atoms with E-state index in [4.69, 9.17) is 4.74 Å². The van der Waals surface area contributed by atoms with Crippen molar-refractivity contribution in [3.8, 4) is 0 Å². The minimum atomic E-state index is -0.470. The summed E-state index contributed by atoms with van der Waals surface area (Å²) in [5.74, 6) is -0.484. The molecule has 0 amide bonds. The molecule has 0 aliphatic carbocycles. The van der Waals surface area contributed by atoms with Crippen molar-refractivity contribution in [2.24, 2.45) is 0 Å². The highest BCUT2D eigenvalue weighted by atomic mass is 16.5. The summed E-state index contributed by atoms with van der Waals surface area (Å²) >= 11 is 0. The van der Waals surface area contributed by atoms with Crippen LogP contribution in [0.5, 0.6) is 0 Å². The molecule has 0 unspecified atom stereocenters. The largest absolute Gasteiger partial charge is 0.462 e. The van der Waals surface area contributed by atoms with Crippen molar-refractivity contribution in [1.29, 1.82) is 0 Å². The van der Waals surface area contributed by atoms with E-state index in [1.165, 1.54) is 6.92 Å². The van der Waals surface area contributed by atoms with E-state index < -0.39 is 5.97 Å². The van der Waals surface area contributed by atoms with Crippen molar-refractivity contribution in [2.45, 2.75) is 26.9 Å². The molecule has 0 bridgehead atoms. The minimum Gasteiger partial charge on any atom is -0.462 e. The summed E-state index contributed by atoms with van der Waals surface area (Å²) in [4.78, 5) is 22.7. The maximum Gasteiger partial charge on any atom is 0.338 e. The second-order valence-electron chi connectivity index (χ2n) is 3.70. The SMILES string of the molecule is CCOC(=O)c1cccc(CC(C)=O)c1CO. The standard InChI is InChI=1S/C13H16O4/c1-3-17-13(16)11-6-4-5-10(7-9(2)15)12(11)8-14/h4-6,14H,3,7-8H2,1-2H3. The lowest BCUT2D eigenvalue weighted by atomic mass is 9.98. The third kappa shape index (κ3) is 3.39. The van der Waals surface area contributed by atoms with Crippen LogP contribution in [0, 0.1) is 0 Å². The molecule has 0 heterocycles. The van der Waals surface area contributed by atoms with E-state index in [9.17, 15) is 14.7 Å². The first-order chi connectivity index (χ1) is 8.10. The monoisotopic (exact) mass is 236 g/mol. The highest BCUT2D eigenvalue weighted by molar-refractivity contribution is 5.92. The van der Waals surface area contributed by atoms with Gasteiger partial charge >= 0.3 is 5.97 Å². The van der Waals surface area contributed by atoms with E-state index in [2.05, 4.69) is 0 Å². The molecule has 4 nitrogen and oxygen atoms in total. The lowest BCUT2D eigenvalue weighted by molar-refractivity contribution is -0.116. The van der Waals surface area contributed by atoms with Gasteiger partial charge < -0.3 is 9.84 Å². The lowest BCUT2D eigenvalue weighted by Crippen LogP contribution is -2.11. The molecule has 0 aromatic heterocycles. The number of rotatable bonds is 5. The number of Topliss-reactive ketones (excluding diaryl/α,β-unsaturated/α-hetero) is 1. The average Bonchev–Trinajstić information content (AvgIpc) is 2.28. The van der Waals surface area contributed by atoms with Gasteiger partial charge in [0.1, 0.15) is 5.78 Å². The molecule has 0 radical (unpaired) electrons. The van der Waals surface area contributed by atoms with Crippen LogP contribution in [-0.2, 0) is 22.6 Å². The van der Waals surface area contributed by atoms with Crippen molar-refractivity contribution in [1.82, 2.24) is 0 Å². The van der Waals surface area contributed by atoms with Gasteiger partial charge in [-0.25, -0.2) is 4.79 Å². The van der Waals surface area contributed by atoms with Gasteiger partial charge in [0.25, 0.3) is 0 Å². The summed E-state index contributed by atoms with van der Waals surface area (Å²) in [6.45, 7) is 3.19. The molecule has 4 heteroatoms. The molecule has 0 aliphatic rings. The van der Waals surface area contributed by atoms with E-state index in [0.29, 0.717) is 16.7 Å². The van der Waals surface area contributed by atoms with Crippen LogP contribution < -0.4 is 0 Å². The normalized spacial score (nSPS) is 10.1. The Kier molecular flexibility index (Phi) is 4.84. The molecule has 1 aromatic rings. The highest BCUT2D eigenvalue weighted by Crippen LogP contribution is 2.17. The lowest BCUT2D eigenvalue weighted by Gasteiger charge is -2.11. The highest BCUT2D eigenvalue weighted by Gasteiger charge is 2.15. The van der Waals surface area contributed by atoms with Gasteiger partial charge in [-0.1, -0.05) is 12.1 Å². The first-order valence-electron chi connectivity index (χ1n) is 5.48. The van der Waals surface area contributed by atoms with Gasteiger partial charge in [-0.3, -0.25) is 4.79 Å². The van der Waals surface area contributed by atoms with Gasteiger partial charge in [0, 0.05) is 6.42 Å². The number of aliphatic hydroxyl groups excluding tert-OH is 1. The fourth-order valence-corrected chi connectivity index (χ4v) is 1.66. The molecule has 92 valence electrons. The van der Waals surface area contributed by atoms with Gasteiger partial charge in [0.15, 0.2) is 0 Å². The summed E-state index contributed by atoms with van der Waals surface area (Å²) in [7, 11) is 0. The minimum absolute atomic E-state index is 0.0132. The number of carbonyl (C=O) groups excluding carboxylic acids is 2. The number of ether oxygens (including phenoxy) is 1. The van der Waals surface area contributed by atoms with Gasteiger partial charge in [-0.2, -0.15) is 0 Å². The Morgan fingerprint density at radius 3 is 2.59 bits per heavy atom. The molecule has 0 saturated heterocycles. The maximum atomic E-state index is 11.6. The van der Waals surface area contributed by atoms with Crippen LogP contribution in [0.3, 0.4) is 0 Å². The number of ketones is 1. The first-order valence-corrected chi connectivity index (χ1v) is 5.48. The first kappa shape index (κ1) is 13.4. The van der Waals surface area contributed by atoms with Crippen LogP contribution in [-0.4, -0.2) is 23.5 Å². The van der Waals surface area contributed by atoms with Gasteiger partial charge in [-0.15, -0.1) is 0 Å². The Morgan fingerprint density at radius 1 is 1.35 bits per heavy atom. The Hall–Kier alpha value is -1.68. The Morgan fingerprint density at radius 2 is 2.06 bits per heavy atom. The van der Waals surface area contributed by atoms with Gasteiger partial charge in [0.2, 0.25) is 0 Å². The van der Waals surface area contributed by atoms with Crippen LogP contribution >= 0.6 is 0 Å². The van der Waals surface area contributed by atoms with E-state index >= 15 is 0 Å². The molecule has 17 heavy (non-hydrogen) atoms. The van der Waals surface area contributed by atoms with Crippen molar-refractivity contribution >= 4 is 11.8 Å². The number of esters is 1. The number of hydrogen-bond donors (Lipinski definition) is 1. The van der Waals surface area contributed by atoms with Crippen molar-refractivity contribution in [3.05, 3.63) is 34.9 Å². The molecule has 0 spiro atoms. The number of hydrogen-bond acceptors (Lipinski definition) is 4. The molecule has 1 N–H and O–H groups in total. The van der Waals surface area contributed by atoms with E-state index in [0.717, 1.165) is 0 Å². The molecule has 1 rings (SSSR count). The molecule has 0 saturated carbocycles. The van der Waals surface area contributed by atoms with Crippen LogP contribution in [0.4, 0.5) is 0 Å². The zero-order valence-corrected chi connectivity index (χ0v) is 10.0. The quantitative estimate of drug-likeness (QED) is 0.787. The number of carbonyl (C=O) groups is 2. The predicted octanol–water partition coefficient (Wildman–Crippen LogP) is 1.49. The smallest absolute Gasteiger partial charge is 0.338 e. The van der Waals surface area contributed by atoms with E-state index in [1.54, 1.807) is 25.1 Å². The molecule has 0 aliphatic heterocycles. The summed E-state index contributed by atoms with van der Waals surface area (Å²) in [6, 6.07) is 5.01. The molecule has 1 aromatic carbocycles. The third-order valence-electron chi connectivity index (χ3n) is 2.37. The van der Waals surface area contributed by atoms with Crippen LogP contribution in [0.1, 0.15) is 35.3 Å². The van der Waals surface area contributed by atoms with Gasteiger partial charge in [-0.05, 0) is 31.0 Å². The second-order valence-corrected chi connectivity index (χ2v) is 3.70. The Balaban J connectivity index is 3.13. The summed E-state index contributed by atoms with van der Waals surface area (Å²) in [6.07, 6.45) is 0.211. The van der Waals surface area contributed by atoms with Crippen molar-refractivity contribution in [2.75, 3.05) is 6.61 Å². The average molecular weight is 236 g/mol. The molecule has 0 atom stereocenters. The summed E-state index contributed by atoms with van der Waals surface area (Å²) in [5, 5.41) is 9.31. The van der Waals surface area contributed by atoms with Gasteiger partial charge in [0.05, 0.1) is 18.8 Å². The molecular weight excluding hydrogens is 220 g/mol. The zero-order valence-electron chi connectivity index (χ0n) is 10.0. The second kappa shape index (κ2) is 6.15. The maximum absolute atomic E-state index is 11.6. The fraction of sp³-hybridized carbons (Fsp3) is 0.385. The summed E-state index contributed by atoms with van der Waals surface area (Å²) in [5.41, 5.74) is 1.47. The molecular formula is C13H16O4. The Bertz CT molecular complexity index is 423. The fourth-order valence-electron chi connectivity index (χ4n) is 1.66. The Labute approximate surface area is 100 Å². The predicted molar refractivity (Wildman–Crippen MR) is 62.7 cm³/mol. The van der Waals surface area contributed by atoms with Crippen LogP contribution in [0.25, 0.3) is 0 Å². The van der Waals surface area contributed by atoms with Crippen molar-refractivity contribution in [3.63, 3.8) is 0 Å². The van der Waals surface area contributed by atoms with Crippen LogP contribution in [0.15, 0.2) is 18.2 Å². The number of benzene rings is 1. The van der Waals surface area contributed by atoms with E-state index in [-0.39, 0.29) is 25.4 Å². The zero-order chi connectivity index (χ0) is 12.8. The third-order valence-corrected chi connectivity index (χ3v) is 2.37. The number of aliphatic hydroxyl groups is 1. The topological polar surface area (TPSA) is 63.6 Å². The van der Waals surface area contributed by atoms with E-state index in [1.807, 2.05) is 0 Å².